The summed E-state index contributed by atoms with van der Waals surface area (Å²) in [4.78, 5) is 23.2. The van der Waals surface area contributed by atoms with Crippen molar-refractivity contribution in [3.8, 4) is 11.1 Å². The fraction of sp³-hybridized carbons (Fsp3) is 0.250. The molecule has 0 aliphatic carbocycles. The number of primary amides is 1. The molecule has 1 fully saturated rings. The first-order valence-electron chi connectivity index (χ1n) is 8.88. The minimum absolute atomic E-state index is 0.141. The van der Waals surface area contributed by atoms with Gasteiger partial charge in [-0.1, -0.05) is 22.0 Å². The summed E-state index contributed by atoms with van der Waals surface area (Å²) in [5, 5.41) is 0.934. The van der Waals surface area contributed by atoms with Gasteiger partial charge in [0.25, 0.3) is 5.91 Å². The summed E-state index contributed by atoms with van der Waals surface area (Å²) >= 11 is 3.44. The number of halogens is 1. The fourth-order valence-corrected chi connectivity index (χ4v) is 3.98. The molecule has 1 amide bonds. The predicted molar refractivity (Wildman–Crippen MR) is 111 cm³/mol. The number of hydrogen-bond acceptors (Lipinski definition) is 5. The number of amides is 1. The van der Waals surface area contributed by atoms with E-state index < -0.39 is 5.91 Å². The highest BCUT2D eigenvalue weighted by atomic mass is 79.9. The number of carbonyl (C=O) groups excluding carboxylic acids is 1. The first-order valence-corrected chi connectivity index (χ1v) is 9.67. The van der Waals surface area contributed by atoms with Crippen molar-refractivity contribution < 1.29 is 4.79 Å². The van der Waals surface area contributed by atoms with Crippen molar-refractivity contribution in [3.63, 3.8) is 0 Å². The Bertz CT molecular complexity index is 1020. The highest BCUT2D eigenvalue weighted by Gasteiger charge is 2.22. The van der Waals surface area contributed by atoms with Crippen molar-refractivity contribution in [2.45, 2.75) is 18.9 Å². The number of aromatic nitrogens is 2. The lowest BCUT2D eigenvalue weighted by atomic mass is 9.98. The van der Waals surface area contributed by atoms with Crippen LogP contribution in [0.15, 0.2) is 47.2 Å². The predicted octanol–water partition coefficient (Wildman–Crippen LogP) is 3.09. The zero-order valence-corrected chi connectivity index (χ0v) is 16.3. The number of rotatable bonds is 3. The van der Waals surface area contributed by atoms with Crippen molar-refractivity contribution in [1.82, 2.24) is 9.97 Å². The molecule has 0 spiro atoms. The van der Waals surface area contributed by atoms with Gasteiger partial charge in [-0.2, -0.15) is 0 Å². The molecule has 0 radical (unpaired) electrons. The van der Waals surface area contributed by atoms with Gasteiger partial charge in [0.2, 0.25) is 0 Å². The molecule has 3 aromatic rings. The van der Waals surface area contributed by atoms with Gasteiger partial charge in [-0.3, -0.25) is 9.78 Å². The van der Waals surface area contributed by atoms with Crippen LogP contribution in [0.4, 0.5) is 5.69 Å². The summed E-state index contributed by atoms with van der Waals surface area (Å²) < 4.78 is 0.898. The second kappa shape index (κ2) is 7.25. The fourth-order valence-electron chi connectivity index (χ4n) is 3.63. The van der Waals surface area contributed by atoms with Gasteiger partial charge in [-0.25, -0.2) is 4.98 Å². The van der Waals surface area contributed by atoms with Crippen LogP contribution in [0.5, 0.6) is 0 Å². The summed E-state index contributed by atoms with van der Waals surface area (Å²) in [5.41, 5.74) is 15.3. The maximum absolute atomic E-state index is 12.2. The van der Waals surface area contributed by atoms with Gasteiger partial charge in [0.05, 0.1) is 5.52 Å². The minimum Gasteiger partial charge on any atom is -0.369 e. The molecule has 7 heteroatoms. The molecule has 27 heavy (non-hydrogen) atoms. The summed E-state index contributed by atoms with van der Waals surface area (Å²) in [5.74, 6) is -0.558. The molecule has 1 unspecified atom stereocenters. The second-order valence-electron chi connectivity index (χ2n) is 6.83. The lowest BCUT2D eigenvalue weighted by molar-refractivity contribution is 0.0996. The zero-order chi connectivity index (χ0) is 19.0. The third-order valence-electron chi connectivity index (χ3n) is 4.90. The van der Waals surface area contributed by atoms with Crippen molar-refractivity contribution >= 4 is 38.4 Å². The van der Waals surface area contributed by atoms with Gasteiger partial charge in [0.15, 0.2) is 0 Å². The van der Waals surface area contributed by atoms with Crippen LogP contribution in [0.1, 0.15) is 23.3 Å². The van der Waals surface area contributed by atoms with Gasteiger partial charge in [0.1, 0.15) is 5.69 Å². The Morgan fingerprint density at radius 1 is 1.22 bits per heavy atom. The average molecular weight is 426 g/mol. The lowest BCUT2D eigenvalue weighted by Gasteiger charge is -2.34. The topological polar surface area (TPSA) is 98.1 Å². The SMILES string of the molecule is NC(=O)c1nc2cc(Br)ccc2cc1-c1cnccc1N1CCCC(N)C1. The Hall–Kier alpha value is -2.51. The zero-order valence-electron chi connectivity index (χ0n) is 14.7. The van der Waals surface area contributed by atoms with Crippen LogP contribution in [0.3, 0.4) is 0 Å². The number of fused-ring (bicyclic) bond motifs is 1. The summed E-state index contributed by atoms with van der Waals surface area (Å²) in [6.07, 6.45) is 5.59. The number of anilines is 1. The third kappa shape index (κ3) is 3.52. The molecular formula is C20H20BrN5O. The minimum atomic E-state index is -0.558. The molecular weight excluding hydrogens is 406 g/mol. The van der Waals surface area contributed by atoms with Crippen LogP contribution in [0.25, 0.3) is 22.0 Å². The Labute approximate surface area is 165 Å². The van der Waals surface area contributed by atoms with Crippen LogP contribution in [0, 0.1) is 0 Å². The van der Waals surface area contributed by atoms with E-state index in [1.54, 1.807) is 12.4 Å². The molecule has 0 saturated carbocycles. The van der Waals surface area contributed by atoms with E-state index in [2.05, 4.69) is 30.8 Å². The number of hydrogen-bond donors (Lipinski definition) is 2. The summed E-state index contributed by atoms with van der Waals surface area (Å²) in [7, 11) is 0. The molecule has 1 aliphatic rings. The van der Waals surface area contributed by atoms with Gasteiger partial charge in [0, 0.05) is 58.2 Å². The van der Waals surface area contributed by atoms with E-state index in [1.165, 1.54) is 0 Å². The molecule has 1 atom stereocenters. The molecule has 138 valence electrons. The van der Waals surface area contributed by atoms with Crippen molar-refractivity contribution in [2.24, 2.45) is 11.5 Å². The molecule has 2 aromatic heterocycles. The number of nitrogens with zero attached hydrogens (tertiary/aromatic N) is 3. The number of pyridine rings is 2. The van der Waals surface area contributed by atoms with Crippen LogP contribution in [-0.2, 0) is 0 Å². The van der Waals surface area contributed by atoms with E-state index in [9.17, 15) is 4.79 Å². The Morgan fingerprint density at radius 2 is 2.07 bits per heavy atom. The Kier molecular flexibility index (Phi) is 4.80. The molecule has 0 bridgehead atoms. The molecule has 4 rings (SSSR count). The maximum atomic E-state index is 12.2. The number of carbonyl (C=O) groups is 1. The molecule has 4 N–H and O–H groups in total. The van der Waals surface area contributed by atoms with E-state index in [0.717, 1.165) is 47.0 Å². The second-order valence-corrected chi connectivity index (χ2v) is 7.74. The molecule has 6 nitrogen and oxygen atoms in total. The van der Waals surface area contributed by atoms with E-state index in [1.807, 2.05) is 30.3 Å². The molecule has 1 saturated heterocycles. The van der Waals surface area contributed by atoms with Gasteiger partial charge in [-0.15, -0.1) is 0 Å². The van der Waals surface area contributed by atoms with Gasteiger partial charge < -0.3 is 16.4 Å². The molecule has 1 aliphatic heterocycles. The number of benzene rings is 1. The van der Waals surface area contributed by atoms with Crippen molar-refractivity contribution in [2.75, 3.05) is 18.0 Å². The lowest BCUT2D eigenvalue weighted by Crippen LogP contribution is -2.43. The smallest absolute Gasteiger partial charge is 0.267 e. The standard InChI is InChI=1S/C20H20BrN5O/c21-13-4-3-12-8-15(19(20(23)27)25-17(12)9-13)16-10-24-6-5-18(16)26-7-1-2-14(22)11-26/h3-6,8-10,14H,1-2,7,11,22H2,(H2,23,27). The van der Waals surface area contributed by atoms with Gasteiger partial charge in [-0.05, 0) is 37.1 Å². The van der Waals surface area contributed by atoms with Crippen molar-refractivity contribution in [3.05, 3.63) is 52.9 Å². The van der Waals surface area contributed by atoms with Crippen LogP contribution in [-0.4, -0.2) is 35.0 Å². The maximum Gasteiger partial charge on any atom is 0.267 e. The van der Waals surface area contributed by atoms with E-state index >= 15 is 0 Å². The van der Waals surface area contributed by atoms with Crippen LogP contribution < -0.4 is 16.4 Å². The number of piperidine rings is 1. The first-order chi connectivity index (χ1) is 13.0. The summed E-state index contributed by atoms with van der Waals surface area (Å²) in [6.45, 7) is 1.70. The highest BCUT2D eigenvalue weighted by Crippen LogP contribution is 2.35. The normalized spacial score (nSPS) is 17.3. The monoisotopic (exact) mass is 425 g/mol. The largest absolute Gasteiger partial charge is 0.369 e. The molecule has 1 aromatic carbocycles. The van der Waals surface area contributed by atoms with E-state index in [-0.39, 0.29) is 11.7 Å². The third-order valence-corrected chi connectivity index (χ3v) is 5.39. The van der Waals surface area contributed by atoms with Crippen LogP contribution in [0.2, 0.25) is 0 Å². The average Bonchev–Trinajstić information content (AvgIpc) is 2.67. The van der Waals surface area contributed by atoms with Gasteiger partial charge >= 0.3 is 0 Å². The first kappa shape index (κ1) is 17.9. The highest BCUT2D eigenvalue weighted by molar-refractivity contribution is 9.10. The molecule has 3 heterocycles. The number of nitrogens with two attached hydrogens (primary N) is 2. The van der Waals surface area contributed by atoms with E-state index in [0.29, 0.717) is 11.1 Å². The van der Waals surface area contributed by atoms with Crippen molar-refractivity contribution in [1.29, 1.82) is 0 Å². The van der Waals surface area contributed by atoms with E-state index in [4.69, 9.17) is 11.5 Å². The van der Waals surface area contributed by atoms with Crippen LogP contribution >= 0.6 is 15.9 Å². The quantitative estimate of drug-likeness (QED) is 0.671. The Balaban J connectivity index is 1.90. The summed E-state index contributed by atoms with van der Waals surface area (Å²) in [6, 6.07) is 9.85. The Morgan fingerprint density at radius 3 is 2.85 bits per heavy atom.